The molecule has 0 radical (unpaired) electrons. The van der Waals surface area contributed by atoms with Crippen molar-refractivity contribution < 1.29 is 9.53 Å². The van der Waals surface area contributed by atoms with Crippen LogP contribution in [-0.4, -0.2) is 27.4 Å². The third-order valence-corrected chi connectivity index (χ3v) is 4.87. The molecule has 0 fully saturated rings. The maximum absolute atomic E-state index is 12.2. The summed E-state index contributed by atoms with van der Waals surface area (Å²) >= 11 is 0. The Kier molecular flexibility index (Phi) is 3.72. The Morgan fingerprint density at radius 3 is 2.19 bits per heavy atom. The molecule has 0 aliphatic carbocycles. The van der Waals surface area contributed by atoms with Crippen molar-refractivity contribution in [2.75, 3.05) is 7.11 Å². The van der Waals surface area contributed by atoms with E-state index in [4.69, 9.17) is 4.74 Å². The topological polar surface area (TPSA) is 51.9 Å². The largest absolute Gasteiger partial charge is 0.465 e. The molecule has 2 aromatic heterocycles. The van der Waals surface area contributed by atoms with Gasteiger partial charge in [-0.05, 0) is 61.4 Å². The van der Waals surface area contributed by atoms with Gasteiger partial charge in [0.05, 0.1) is 23.7 Å². The van der Waals surface area contributed by atoms with Crippen LogP contribution in [0, 0.1) is 13.8 Å². The quantitative estimate of drug-likeness (QED) is 0.560. The number of methoxy groups -OCH3 is 1. The van der Waals surface area contributed by atoms with Crippen molar-refractivity contribution in [1.29, 1.82) is 0 Å². The summed E-state index contributed by atoms with van der Waals surface area (Å²) in [6.45, 7) is 4.20. The second-order valence-electron chi connectivity index (χ2n) is 6.58. The van der Waals surface area contributed by atoms with E-state index in [1.54, 1.807) is 0 Å². The molecule has 2 heterocycles. The maximum atomic E-state index is 12.2. The zero-order valence-corrected chi connectivity index (χ0v) is 15.3. The molecule has 5 heteroatoms. The second kappa shape index (κ2) is 5.95. The lowest BCUT2D eigenvalue weighted by Crippen LogP contribution is -2.13. The second-order valence-corrected chi connectivity index (χ2v) is 6.58. The normalized spacial score (nSPS) is 11.2. The van der Waals surface area contributed by atoms with E-state index in [2.05, 4.69) is 66.0 Å². The third-order valence-electron chi connectivity index (χ3n) is 4.87. The van der Waals surface area contributed by atoms with Crippen molar-refractivity contribution in [3.05, 3.63) is 65.5 Å². The zero-order valence-electron chi connectivity index (χ0n) is 15.3. The smallest absolute Gasteiger partial charge is 0.340 e. The van der Waals surface area contributed by atoms with Crippen LogP contribution in [0.25, 0.3) is 27.8 Å². The fourth-order valence-electron chi connectivity index (χ4n) is 3.58. The van der Waals surface area contributed by atoms with Crippen LogP contribution < -0.4 is 0 Å². The first-order valence-corrected chi connectivity index (χ1v) is 8.52. The molecule has 0 aliphatic rings. The number of benzene rings is 2. The van der Waals surface area contributed by atoms with Gasteiger partial charge in [-0.1, -0.05) is 12.1 Å². The Balaban J connectivity index is 1.78. The molecule has 0 atom stereocenters. The predicted octanol–water partition coefficient (Wildman–Crippen LogP) is 4.37. The minimum atomic E-state index is -0.327. The number of aryl methyl sites for hydroxylation is 3. The Hall–Kier alpha value is -3.21. The summed E-state index contributed by atoms with van der Waals surface area (Å²) < 4.78 is 8.99. The van der Waals surface area contributed by atoms with E-state index >= 15 is 0 Å². The Morgan fingerprint density at radius 1 is 0.962 bits per heavy atom. The van der Waals surface area contributed by atoms with Crippen molar-refractivity contribution in [2.24, 2.45) is 7.05 Å². The summed E-state index contributed by atoms with van der Waals surface area (Å²) in [6, 6.07) is 16.6. The Bertz CT molecular complexity index is 1090. The highest BCUT2D eigenvalue weighted by Gasteiger charge is 2.18. The van der Waals surface area contributed by atoms with Crippen LogP contribution in [0.4, 0.5) is 0 Å². The number of hydrogen-bond acceptors (Lipinski definition) is 2. The predicted molar refractivity (Wildman–Crippen MR) is 103 cm³/mol. The van der Waals surface area contributed by atoms with Crippen LogP contribution in [0.5, 0.6) is 0 Å². The summed E-state index contributed by atoms with van der Waals surface area (Å²) in [6.07, 6.45) is 0. The van der Waals surface area contributed by atoms with E-state index in [-0.39, 0.29) is 5.97 Å². The molecule has 2 aromatic carbocycles. The summed E-state index contributed by atoms with van der Waals surface area (Å²) in [4.78, 5) is 12.2. The lowest BCUT2D eigenvalue weighted by atomic mass is 10.0. The van der Waals surface area contributed by atoms with Gasteiger partial charge in [0.1, 0.15) is 0 Å². The van der Waals surface area contributed by atoms with Gasteiger partial charge in [-0.15, -0.1) is 0 Å². The SMILES string of the molecule is COC(=O)c1cc(-c2ccc(-n3c(C)ccc3C)cc2)cc2[nH]n(C)c12. The highest BCUT2D eigenvalue weighted by Crippen LogP contribution is 2.29. The molecule has 4 aromatic rings. The lowest BCUT2D eigenvalue weighted by molar-refractivity contribution is 0.0602. The number of carbonyl (C=O) groups excluding carboxylic acids is 1. The number of hydrogen-bond donors (Lipinski definition) is 1. The van der Waals surface area contributed by atoms with Gasteiger partial charge in [0.15, 0.2) is 0 Å². The summed E-state index contributed by atoms with van der Waals surface area (Å²) in [5.41, 5.74) is 7.96. The maximum Gasteiger partial charge on any atom is 0.340 e. The van der Waals surface area contributed by atoms with Gasteiger partial charge in [-0.3, -0.25) is 9.78 Å². The number of carbonyl (C=O) groups is 1. The van der Waals surface area contributed by atoms with Crippen molar-refractivity contribution in [3.8, 4) is 16.8 Å². The number of aromatic nitrogens is 3. The third kappa shape index (κ3) is 2.44. The van der Waals surface area contributed by atoms with Crippen molar-refractivity contribution in [3.63, 3.8) is 0 Å². The van der Waals surface area contributed by atoms with Gasteiger partial charge in [-0.2, -0.15) is 0 Å². The molecule has 0 bridgehead atoms. The molecule has 5 nitrogen and oxygen atoms in total. The standard InChI is InChI=1S/C21H21N3O2/c1-13-5-6-14(2)24(13)17-9-7-15(8-10-17)16-11-18(21(25)26-4)20-19(12-16)22-23(20)3/h5-12,22H,1-4H3. The van der Waals surface area contributed by atoms with E-state index in [1.165, 1.54) is 18.5 Å². The van der Waals surface area contributed by atoms with E-state index in [0.29, 0.717) is 5.56 Å². The fourth-order valence-corrected chi connectivity index (χ4v) is 3.58. The highest BCUT2D eigenvalue weighted by molar-refractivity contribution is 6.04. The van der Waals surface area contributed by atoms with Crippen LogP contribution in [0.3, 0.4) is 0 Å². The number of ether oxygens (including phenoxy) is 1. The number of esters is 1. The van der Waals surface area contributed by atoms with Gasteiger partial charge in [0.2, 0.25) is 0 Å². The lowest BCUT2D eigenvalue weighted by Gasteiger charge is -2.17. The van der Waals surface area contributed by atoms with E-state index < -0.39 is 0 Å². The van der Waals surface area contributed by atoms with Crippen LogP contribution in [0.15, 0.2) is 48.5 Å². The molecule has 0 saturated heterocycles. The molecule has 0 saturated carbocycles. The minimum Gasteiger partial charge on any atom is -0.465 e. The number of nitrogens with zero attached hydrogens (tertiary/aromatic N) is 2. The van der Waals surface area contributed by atoms with Gasteiger partial charge >= 0.3 is 5.97 Å². The molecule has 132 valence electrons. The summed E-state index contributed by atoms with van der Waals surface area (Å²) in [7, 11) is 3.29. The van der Waals surface area contributed by atoms with Crippen LogP contribution in [0.2, 0.25) is 0 Å². The molecule has 0 spiro atoms. The molecule has 0 unspecified atom stereocenters. The van der Waals surface area contributed by atoms with Gasteiger partial charge in [-0.25, -0.2) is 4.79 Å². The van der Waals surface area contributed by atoms with E-state index in [9.17, 15) is 4.79 Å². The molecule has 0 amide bonds. The van der Waals surface area contributed by atoms with Crippen LogP contribution in [-0.2, 0) is 11.8 Å². The first-order valence-electron chi connectivity index (χ1n) is 8.52. The Labute approximate surface area is 151 Å². The van der Waals surface area contributed by atoms with E-state index in [1.807, 2.05) is 17.8 Å². The molecule has 1 N–H and O–H groups in total. The average Bonchev–Trinajstić information content (AvgIpc) is 2.97. The molecular formula is C21H21N3O2. The van der Waals surface area contributed by atoms with Gasteiger partial charge in [0.25, 0.3) is 0 Å². The van der Waals surface area contributed by atoms with E-state index in [0.717, 1.165) is 27.8 Å². The van der Waals surface area contributed by atoms with Gasteiger partial charge in [0, 0.05) is 24.1 Å². The number of aromatic amines is 1. The Morgan fingerprint density at radius 2 is 1.62 bits per heavy atom. The summed E-state index contributed by atoms with van der Waals surface area (Å²) in [5, 5.41) is 3.19. The molecular weight excluding hydrogens is 326 g/mol. The van der Waals surface area contributed by atoms with Crippen molar-refractivity contribution in [2.45, 2.75) is 13.8 Å². The number of nitrogens with one attached hydrogen (secondary N) is 1. The summed E-state index contributed by atoms with van der Waals surface area (Å²) in [5.74, 6) is -0.327. The first kappa shape index (κ1) is 16.3. The number of fused-ring (bicyclic) bond motifs is 1. The highest BCUT2D eigenvalue weighted by atomic mass is 16.5. The van der Waals surface area contributed by atoms with Crippen molar-refractivity contribution >= 4 is 17.0 Å². The monoisotopic (exact) mass is 347 g/mol. The molecule has 4 rings (SSSR count). The zero-order chi connectivity index (χ0) is 18.4. The van der Waals surface area contributed by atoms with Crippen LogP contribution in [0.1, 0.15) is 21.7 Å². The van der Waals surface area contributed by atoms with Crippen LogP contribution >= 0.6 is 0 Å². The molecule has 0 aliphatic heterocycles. The first-order chi connectivity index (χ1) is 12.5. The fraction of sp³-hybridized carbons (Fsp3) is 0.190. The minimum absolute atomic E-state index is 0.327. The van der Waals surface area contributed by atoms with Gasteiger partial charge < -0.3 is 9.30 Å². The number of H-pyrrole nitrogens is 1. The average molecular weight is 347 g/mol. The van der Waals surface area contributed by atoms with Crippen molar-refractivity contribution in [1.82, 2.24) is 14.3 Å². The molecule has 26 heavy (non-hydrogen) atoms. The number of rotatable bonds is 3.